The van der Waals surface area contributed by atoms with Crippen molar-refractivity contribution in [2.24, 2.45) is 7.05 Å². The van der Waals surface area contributed by atoms with Gasteiger partial charge in [0.15, 0.2) is 5.69 Å². The van der Waals surface area contributed by atoms with E-state index in [1.165, 1.54) is 10.7 Å². The van der Waals surface area contributed by atoms with Gasteiger partial charge in [0.05, 0.1) is 16.3 Å². The maximum absolute atomic E-state index is 12.5. The van der Waals surface area contributed by atoms with Gasteiger partial charge in [0.1, 0.15) is 5.82 Å². The molecular formula is C20H23ClN6O2. The summed E-state index contributed by atoms with van der Waals surface area (Å²) in [5.41, 5.74) is 3.46. The third-order valence-corrected chi connectivity index (χ3v) is 5.06. The average Bonchev–Trinajstić information content (AvgIpc) is 3.19. The summed E-state index contributed by atoms with van der Waals surface area (Å²) in [5, 5.41) is 14.6. The van der Waals surface area contributed by atoms with Crippen LogP contribution in [0.2, 0.25) is 5.02 Å². The number of carbonyl (C=O) groups is 2. The predicted molar refractivity (Wildman–Crippen MR) is 111 cm³/mol. The highest BCUT2D eigenvalue weighted by Gasteiger charge is 2.18. The van der Waals surface area contributed by atoms with Crippen molar-refractivity contribution >= 4 is 29.2 Å². The number of aromatic nitrogens is 4. The zero-order chi connectivity index (χ0) is 21.1. The monoisotopic (exact) mass is 414 g/mol. The number of carbonyl (C=O) groups excluding carboxylic acids is 2. The molecule has 3 rings (SSSR count). The van der Waals surface area contributed by atoms with E-state index in [9.17, 15) is 9.59 Å². The van der Waals surface area contributed by atoms with Gasteiger partial charge in [-0.3, -0.25) is 19.0 Å². The molecule has 2 heterocycles. The Labute approximate surface area is 173 Å². The molecule has 0 saturated carbocycles. The number of nitrogens with zero attached hydrogens (tertiary/aromatic N) is 4. The Morgan fingerprint density at radius 1 is 1.14 bits per heavy atom. The van der Waals surface area contributed by atoms with Crippen LogP contribution in [0.3, 0.4) is 0 Å². The number of benzene rings is 1. The maximum atomic E-state index is 12.5. The number of amides is 2. The Morgan fingerprint density at radius 3 is 2.52 bits per heavy atom. The van der Waals surface area contributed by atoms with Crippen LogP contribution in [-0.4, -0.2) is 31.4 Å². The van der Waals surface area contributed by atoms with Gasteiger partial charge in [-0.25, -0.2) is 0 Å². The van der Waals surface area contributed by atoms with Gasteiger partial charge in [0, 0.05) is 37.5 Å². The van der Waals surface area contributed by atoms with Crippen LogP contribution >= 0.6 is 11.6 Å². The number of nitrogens with one attached hydrogen (secondary N) is 2. The molecule has 9 heteroatoms. The fraction of sp³-hybridized carbons (Fsp3) is 0.300. The first-order valence-corrected chi connectivity index (χ1v) is 9.60. The first-order chi connectivity index (χ1) is 13.8. The van der Waals surface area contributed by atoms with E-state index in [1.807, 2.05) is 25.5 Å². The summed E-state index contributed by atoms with van der Waals surface area (Å²) in [5.74, 6) is -0.308. The lowest BCUT2D eigenvalue weighted by molar-refractivity contribution is 0.0944. The number of anilines is 1. The second-order valence-electron chi connectivity index (χ2n) is 6.62. The number of aryl methyl sites for hydroxylation is 3. The smallest absolute Gasteiger partial charge is 0.272 e. The lowest BCUT2D eigenvalue weighted by Crippen LogP contribution is -2.24. The summed E-state index contributed by atoms with van der Waals surface area (Å²) in [4.78, 5) is 25.0. The van der Waals surface area contributed by atoms with Crippen LogP contribution in [-0.2, 0) is 20.1 Å². The molecule has 8 nitrogen and oxygen atoms in total. The third kappa shape index (κ3) is 4.32. The van der Waals surface area contributed by atoms with Gasteiger partial charge in [-0.15, -0.1) is 0 Å². The summed E-state index contributed by atoms with van der Waals surface area (Å²) >= 11 is 6.06. The maximum Gasteiger partial charge on any atom is 0.272 e. The molecule has 2 N–H and O–H groups in total. The SMILES string of the molecule is CCn1nc(C)c(CNC(=O)c2cc(NC(=O)c3ccccc3Cl)n(C)n2)c1C. The lowest BCUT2D eigenvalue weighted by Gasteiger charge is -2.06. The van der Waals surface area contributed by atoms with Crippen molar-refractivity contribution in [1.29, 1.82) is 0 Å². The number of hydrogen-bond donors (Lipinski definition) is 2. The topological polar surface area (TPSA) is 93.8 Å². The summed E-state index contributed by atoms with van der Waals surface area (Å²) in [6.45, 7) is 7.05. The van der Waals surface area contributed by atoms with Crippen molar-refractivity contribution in [3.63, 3.8) is 0 Å². The molecule has 29 heavy (non-hydrogen) atoms. The first-order valence-electron chi connectivity index (χ1n) is 9.22. The normalized spacial score (nSPS) is 10.8. The van der Waals surface area contributed by atoms with E-state index >= 15 is 0 Å². The molecular weight excluding hydrogens is 392 g/mol. The van der Waals surface area contributed by atoms with Crippen LogP contribution in [0.5, 0.6) is 0 Å². The Bertz CT molecular complexity index is 1070. The quantitative estimate of drug-likeness (QED) is 0.648. The second-order valence-corrected chi connectivity index (χ2v) is 7.03. The molecule has 2 aromatic heterocycles. The minimum atomic E-state index is -0.371. The summed E-state index contributed by atoms with van der Waals surface area (Å²) < 4.78 is 3.34. The fourth-order valence-electron chi connectivity index (χ4n) is 3.08. The third-order valence-electron chi connectivity index (χ3n) is 4.73. The molecule has 0 unspecified atom stereocenters. The average molecular weight is 415 g/mol. The van der Waals surface area contributed by atoms with Gasteiger partial charge in [0.2, 0.25) is 0 Å². The molecule has 3 aromatic rings. The van der Waals surface area contributed by atoms with Crippen LogP contribution in [0.1, 0.15) is 44.7 Å². The molecule has 0 saturated heterocycles. The molecule has 0 radical (unpaired) electrons. The molecule has 2 amide bonds. The van der Waals surface area contributed by atoms with Crippen molar-refractivity contribution < 1.29 is 9.59 Å². The summed E-state index contributed by atoms with van der Waals surface area (Å²) in [7, 11) is 1.65. The van der Waals surface area contributed by atoms with E-state index in [2.05, 4.69) is 20.8 Å². The van der Waals surface area contributed by atoms with Crippen LogP contribution in [0.15, 0.2) is 30.3 Å². The van der Waals surface area contributed by atoms with Crippen LogP contribution in [0, 0.1) is 13.8 Å². The molecule has 0 atom stereocenters. The van der Waals surface area contributed by atoms with Crippen LogP contribution in [0.25, 0.3) is 0 Å². The van der Waals surface area contributed by atoms with Crippen LogP contribution < -0.4 is 10.6 Å². The highest BCUT2D eigenvalue weighted by Crippen LogP contribution is 2.18. The van der Waals surface area contributed by atoms with E-state index in [0.717, 1.165) is 23.5 Å². The van der Waals surface area contributed by atoms with Gasteiger partial charge >= 0.3 is 0 Å². The van der Waals surface area contributed by atoms with Crippen LogP contribution in [0.4, 0.5) is 5.82 Å². The standard InChI is InChI=1S/C20H23ClN6O2/c1-5-27-13(3)15(12(2)24-27)11-22-20(29)17-10-18(26(4)25-17)23-19(28)14-8-6-7-9-16(14)21/h6-10H,5,11H2,1-4H3,(H,22,29)(H,23,28). The van der Waals surface area contributed by atoms with E-state index in [0.29, 0.717) is 22.9 Å². The van der Waals surface area contributed by atoms with Crippen molar-refractivity contribution in [2.75, 3.05) is 5.32 Å². The Balaban J connectivity index is 1.70. The highest BCUT2D eigenvalue weighted by molar-refractivity contribution is 6.34. The largest absolute Gasteiger partial charge is 0.346 e. The van der Waals surface area contributed by atoms with Gasteiger partial charge in [-0.05, 0) is 32.9 Å². The Morgan fingerprint density at radius 2 is 1.86 bits per heavy atom. The minimum Gasteiger partial charge on any atom is -0.346 e. The predicted octanol–water partition coefficient (Wildman–Crippen LogP) is 3.09. The lowest BCUT2D eigenvalue weighted by atomic mass is 10.2. The number of hydrogen-bond acceptors (Lipinski definition) is 4. The molecule has 0 aliphatic rings. The Kier molecular flexibility index (Phi) is 6.03. The molecule has 0 fully saturated rings. The molecule has 0 spiro atoms. The molecule has 0 aliphatic carbocycles. The number of rotatable bonds is 6. The van der Waals surface area contributed by atoms with Gasteiger partial charge in [-0.2, -0.15) is 10.2 Å². The summed E-state index contributed by atoms with van der Waals surface area (Å²) in [6, 6.07) is 8.28. The minimum absolute atomic E-state index is 0.208. The molecule has 0 bridgehead atoms. The zero-order valence-corrected chi connectivity index (χ0v) is 17.5. The van der Waals surface area contributed by atoms with E-state index in [1.54, 1.807) is 31.3 Å². The molecule has 0 aliphatic heterocycles. The van der Waals surface area contributed by atoms with Gasteiger partial charge in [0.25, 0.3) is 11.8 Å². The van der Waals surface area contributed by atoms with Crippen molar-refractivity contribution in [1.82, 2.24) is 24.9 Å². The first kappa shape index (κ1) is 20.6. The zero-order valence-electron chi connectivity index (χ0n) is 16.8. The second kappa shape index (κ2) is 8.48. The van der Waals surface area contributed by atoms with Gasteiger partial charge < -0.3 is 10.6 Å². The van der Waals surface area contributed by atoms with Crippen molar-refractivity contribution in [3.05, 3.63) is 63.6 Å². The van der Waals surface area contributed by atoms with Crippen molar-refractivity contribution in [2.45, 2.75) is 33.9 Å². The number of halogens is 1. The van der Waals surface area contributed by atoms with Gasteiger partial charge in [-0.1, -0.05) is 23.7 Å². The Hall–Kier alpha value is -3.13. The van der Waals surface area contributed by atoms with E-state index in [4.69, 9.17) is 11.6 Å². The highest BCUT2D eigenvalue weighted by atomic mass is 35.5. The van der Waals surface area contributed by atoms with E-state index < -0.39 is 0 Å². The molecule has 1 aromatic carbocycles. The fourth-order valence-corrected chi connectivity index (χ4v) is 3.30. The van der Waals surface area contributed by atoms with Crippen molar-refractivity contribution in [3.8, 4) is 0 Å². The summed E-state index contributed by atoms with van der Waals surface area (Å²) in [6.07, 6.45) is 0. The molecule has 152 valence electrons. The van der Waals surface area contributed by atoms with E-state index in [-0.39, 0.29) is 17.5 Å².